The van der Waals surface area contributed by atoms with Gasteiger partial charge in [-0.05, 0) is 18.8 Å². The summed E-state index contributed by atoms with van der Waals surface area (Å²) in [6, 6.07) is 0. The van der Waals surface area contributed by atoms with Crippen molar-refractivity contribution in [2.75, 3.05) is 13.1 Å². The molecule has 0 aromatic carbocycles. The fraction of sp³-hybridized carbons (Fsp3) is 1.00. The number of nitrogens with one attached hydrogen (secondary N) is 2. The molecule has 1 saturated carbocycles. The van der Waals surface area contributed by atoms with Gasteiger partial charge >= 0.3 is 0 Å². The molecule has 1 aliphatic rings. The minimum atomic E-state index is 1.00. The fourth-order valence-corrected chi connectivity index (χ4v) is 2.39. The first-order valence-corrected chi connectivity index (χ1v) is 6.89. The maximum Gasteiger partial charge on any atom is 0.0102 e. The third-order valence-electron chi connectivity index (χ3n) is 3.43. The topological polar surface area (TPSA) is 24.1 Å². The molecule has 0 aromatic heterocycles. The number of unbranched alkanes of at least 4 members (excludes halogenated alkanes) is 2. The number of hydrogen-bond donors (Lipinski definition) is 2. The van der Waals surface area contributed by atoms with E-state index in [0.717, 1.165) is 19.0 Å². The van der Waals surface area contributed by atoms with Gasteiger partial charge in [-0.2, -0.15) is 0 Å². The first-order valence-electron chi connectivity index (χ1n) is 6.89. The second-order valence-electron chi connectivity index (χ2n) is 4.85. The summed E-state index contributed by atoms with van der Waals surface area (Å²) in [7, 11) is 0. The van der Waals surface area contributed by atoms with Crippen molar-refractivity contribution in [2.45, 2.75) is 64.7 Å². The van der Waals surface area contributed by atoms with Gasteiger partial charge in [-0.1, -0.05) is 51.9 Å². The molecule has 0 spiro atoms. The maximum absolute atomic E-state index is 3.34. The highest BCUT2D eigenvalue weighted by molar-refractivity contribution is 4.66. The van der Waals surface area contributed by atoms with E-state index in [1.54, 1.807) is 0 Å². The Morgan fingerprint density at radius 2 is 1.67 bits per heavy atom. The Morgan fingerprint density at radius 3 is 2.40 bits per heavy atom. The summed E-state index contributed by atoms with van der Waals surface area (Å²) in [5.41, 5.74) is 6.65. The van der Waals surface area contributed by atoms with E-state index in [2.05, 4.69) is 17.8 Å². The van der Waals surface area contributed by atoms with Gasteiger partial charge in [0.05, 0.1) is 0 Å². The van der Waals surface area contributed by atoms with Crippen LogP contribution in [0.4, 0.5) is 0 Å². The molecule has 1 fully saturated rings. The molecule has 15 heavy (non-hydrogen) atoms. The lowest BCUT2D eigenvalue weighted by Gasteiger charge is -2.21. The van der Waals surface area contributed by atoms with Crippen LogP contribution in [0, 0.1) is 5.92 Å². The molecule has 0 bridgehead atoms. The molecule has 2 nitrogen and oxygen atoms in total. The summed E-state index contributed by atoms with van der Waals surface area (Å²) in [6.45, 7) is 4.52. The van der Waals surface area contributed by atoms with Crippen LogP contribution in [-0.2, 0) is 0 Å². The summed E-state index contributed by atoms with van der Waals surface area (Å²) in [5.74, 6) is 1.00. The molecular formula is C13H28N2. The van der Waals surface area contributed by atoms with E-state index in [4.69, 9.17) is 0 Å². The van der Waals surface area contributed by atoms with E-state index in [9.17, 15) is 0 Å². The van der Waals surface area contributed by atoms with E-state index >= 15 is 0 Å². The van der Waals surface area contributed by atoms with Gasteiger partial charge in [-0.25, -0.2) is 0 Å². The van der Waals surface area contributed by atoms with Crippen molar-refractivity contribution in [3.05, 3.63) is 0 Å². The van der Waals surface area contributed by atoms with Crippen LogP contribution in [-0.4, -0.2) is 13.1 Å². The lowest BCUT2D eigenvalue weighted by atomic mass is 9.87. The minimum absolute atomic E-state index is 1.00. The molecule has 90 valence electrons. The van der Waals surface area contributed by atoms with Gasteiger partial charge in [0.25, 0.3) is 0 Å². The number of hydrogen-bond acceptors (Lipinski definition) is 2. The lowest BCUT2D eigenvalue weighted by molar-refractivity contribution is 0.326. The van der Waals surface area contributed by atoms with Crippen molar-refractivity contribution in [3.8, 4) is 0 Å². The van der Waals surface area contributed by atoms with Crippen LogP contribution in [0.15, 0.2) is 0 Å². The number of hydrazine groups is 1. The Kier molecular flexibility index (Phi) is 7.94. The SMILES string of the molecule is CCCCCNNCCC1CCCCC1. The lowest BCUT2D eigenvalue weighted by Crippen LogP contribution is -2.34. The first-order chi connectivity index (χ1) is 7.43. The fourth-order valence-electron chi connectivity index (χ4n) is 2.39. The Hall–Kier alpha value is -0.0800. The molecule has 0 saturated heterocycles. The summed E-state index contributed by atoms with van der Waals surface area (Å²) < 4.78 is 0. The van der Waals surface area contributed by atoms with Crippen LogP contribution in [0.5, 0.6) is 0 Å². The third kappa shape index (κ3) is 6.91. The minimum Gasteiger partial charge on any atom is -0.258 e. The molecule has 0 atom stereocenters. The predicted molar refractivity (Wildman–Crippen MR) is 66.7 cm³/mol. The summed E-state index contributed by atoms with van der Waals surface area (Å²) >= 11 is 0. The van der Waals surface area contributed by atoms with Gasteiger partial charge in [-0.3, -0.25) is 10.9 Å². The van der Waals surface area contributed by atoms with Crippen LogP contribution < -0.4 is 10.9 Å². The van der Waals surface area contributed by atoms with Crippen molar-refractivity contribution in [2.24, 2.45) is 5.92 Å². The monoisotopic (exact) mass is 212 g/mol. The Labute approximate surface area is 95.2 Å². The summed E-state index contributed by atoms with van der Waals surface area (Å²) in [4.78, 5) is 0. The van der Waals surface area contributed by atoms with Gasteiger partial charge in [0.2, 0.25) is 0 Å². The maximum atomic E-state index is 3.34. The Balaban J connectivity index is 1.79. The van der Waals surface area contributed by atoms with E-state index in [1.165, 1.54) is 57.8 Å². The smallest absolute Gasteiger partial charge is 0.0102 e. The van der Waals surface area contributed by atoms with Crippen molar-refractivity contribution in [3.63, 3.8) is 0 Å². The zero-order chi connectivity index (χ0) is 10.8. The molecule has 1 rings (SSSR count). The standard InChI is InChI=1S/C13H28N2/c1-2-3-7-11-14-15-12-10-13-8-5-4-6-9-13/h13-15H,2-12H2,1H3. The predicted octanol–water partition coefficient (Wildman–Crippen LogP) is 3.24. The van der Waals surface area contributed by atoms with Crippen LogP contribution in [0.1, 0.15) is 64.7 Å². The van der Waals surface area contributed by atoms with Crippen molar-refractivity contribution >= 4 is 0 Å². The molecule has 2 N–H and O–H groups in total. The summed E-state index contributed by atoms with van der Waals surface area (Å²) in [5, 5.41) is 0. The highest BCUT2D eigenvalue weighted by Crippen LogP contribution is 2.25. The molecule has 0 heterocycles. The van der Waals surface area contributed by atoms with E-state index < -0.39 is 0 Å². The second-order valence-corrected chi connectivity index (χ2v) is 4.85. The van der Waals surface area contributed by atoms with Crippen molar-refractivity contribution in [1.29, 1.82) is 0 Å². The van der Waals surface area contributed by atoms with Gasteiger partial charge in [-0.15, -0.1) is 0 Å². The highest BCUT2D eigenvalue weighted by Gasteiger charge is 2.12. The van der Waals surface area contributed by atoms with E-state index in [-0.39, 0.29) is 0 Å². The molecule has 0 aromatic rings. The zero-order valence-electron chi connectivity index (χ0n) is 10.4. The molecule has 0 unspecified atom stereocenters. The van der Waals surface area contributed by atoms with Gasteiger partial charge in [0, 0.05) is 13.1 Å². The Bertz CT molecular complexity index is 130. The quantitative estimate of drug-likeness (QED) is 0.477. The highest BCUT2D eigenvalue weighted by atomic mass is 15.3. The van der Waals surface area contributed by atoms with Crippen molar-refractivity contribution in [1.82, 2.24) is 10.9 Å². The zero-order valence-corrected chi connectivity index (χ0v) is 10.4. The van der Waals surface area contributed by atoms with Gasteiger partial charge in [0.1, 0.15) is 0 Å². The summed E-state index contributed by atoms with van der Waals surface area (Å²) in [6.07, 6.45) is 12.7. The van der Waals surface area contributed by atoms with Gasteiger partial charge < -0.3 is 0 Å². The van der Waals surface area contributed by atoms with E-state index in [0.29, 0.717) is 0 Å². The normalized spacial score (nSPS) is 18.2. The average Bonchev–Trinajstić information content (AvgIpc) is 2.29. The van der Waals surface area contributed by atoms with Crippen molar-refractivity contribution < 1.29 is 0 Å². The van der Waals surface area contributed by atoms with E-state index in [1.807, 2.05) is 0 Å². The molecule has 0 aliphatic heterocycles. The van der Waals surface area contributed by atoms with Crippen LogP contribution in [0.2, 0.25) is 0 Å². The van der Waals surface area contributed by atoms with Crippen LogP contribution in [0.3, 0.4) is 0 Å². The Morgan fingerprint density at radius 1 is 0.933 bits per heavy atom. The third-order valence-corrected chi connectivity index (χ3v) is 3.43. The van der Waals surface area contributed by atoms with Crippen LogP contribution in [0.25, 0.3) is 0 Å². The average molecular weight is 212 g/mol. The molecule has 1 aliphatic carbocycles. The van der Waals surface area contributed by atoms with Crippen LogP contribution >= 0.6 is 0 Å². The molecule has 0 radical (unpaired) electrons. The number of rotatable bonds is 8. The second kappa shape index (κ2) is 9.17. The molecule has 2 heteroatoms. The molecule has 0 amide bonds. The molecular weight excluding hydrogens is 184 g/mol. The largest absolute Gasteiger partial charge is 0.258 e. The first kappa shape index (κ1) is 13.0. The van der Waals surface area contributed by atoms with Gasteiger partial charge in [0.15, 0.2) is 0 Å².